The summed E-state index contributed by atoms with van der Waals surface area (Å²) in [6, 6.07) is 10.7. The van der Waals surface area contributed by atoms with E-state index in [1.807, 2.05) is 44.3 Å². The molecule has 0 saturated heterocycles. The van der Waals surface area contributed by atoms with E-state index in [0.29, 0.717) is 29.5 Å². The number of H-pyrrole nitrogens is 1. The third kappa shape index (κ3) is 5.02. The fraction of sp³-hybridized carbons (Fsp3) is 0.318. The first kappa shape index (κ1) is 21.0. The van der Waals surface area contributed by atoms with Crippen LogP contribution in [0.4, 0.5) is 0 Å². The van der Waals surface area contributed by atoms with Crippen LogP contribution in [0.3, 0.4) is 0 Å². The van der Waals surface area contributed by atoms with Crippen molar-refractivity contribution in [1.29, 1.82) is 0 Å². The van der Waals surface area contributed by atoms with E-state index in [-0.39, 0.29) is 6.10 Å². The lowest BCUT2D eigenvalue weighted by Gasteiger charge is -2.18. The summed E-state index contributed by atoms with van der Waals surface area (Å²) in [4.78, 5) is 15.0. The highest BCUT2D eigenvalue weighted by molar-refractivity contribution is 6.32. The molecule has 0 saturated carbocycles. The predicted molar refractivity (Wildman–Crippen MR) is 114 cm³/mol. The molecular formula is C22H25ClN2O4. The number of methoxy groups -OCH3 is 1. The largest absolute Gasteiger partial charge is 0.493 e. The molecule has 7 heteroatoms. The van der Waals surface area contributed by atoms with Crippen LogP contribution in [0.5, 0.6) is 11.5 Å². The van der Waals surface area contributed by atoms with E-state index in [0.717, 1.165) is 22.0 Å². The molecule has 0 unspecified atom stereocenters. The Hall–Kier alpha value is -2.70. The van der Waals surface area contributed by atoms with Crippen molar-refractivity contribution < 1.29 is 19.4 Å². The van der Waals surface area contributed by atoms with Crippen LogP contribution in [-0.2, 0) is 17.8 Å². The van der Waals surface area contributed by atoms with Gasteiger partial charge in [-0.15, -0.1) is 0 Å². The molecular weight excluding hydrogens is 392 g/mol. The minimum Gasteiger partial charge on any atom is -0.493 e. The number of para-hydroxylation sites is 1. The number of ether oxygens (including phenoxy) is 2. The molecule has 3 aromatic rings. The number of hydrogen-bond acceptors (Lipinski definition) is 4. The van der Waals surface area contributed by atoms with Crippen molar-refractivity contribution in [1.82, 2.24) is 10.3 Å². The Morgan fingerprint density at radius 2 is 2.03 bits per heavy atom. The van der Waals surface area contributed by atoms with Crippen LogP contribution in [0.25, 0.3) is 10.9 Å². The average molecular weight is 417 g/mol. The maximum atomic E-state index is 11.8. The highest BCUT2D eigenvalue weighted by Gasteiger charge is 2.20. The quantitative estimate of drug-likeness (QED) is 0.481. The Balaban J connectivity index is 1.75. The molecule has 0 radical (unpaired) electrons. The van der Waals surface area contributed by atoms with E-state index in [9.17, 15) is 9.90 Å². The van der Waals surface area contributed by atoms with Gasteiger partial charge in [0.1, 0.15) is 6.04 Å². The zero-order valence-corrected chi connectivity index (χ0v) is 17.4. The number of halogens is 1. The fourth-order valence-corrected chi connectivity index (χ4v) is 3.51. The van der Waals surface area contributed by atoms with Crippen molar-refractivity contribution >= 4 is 28.5 Å². The van der Waals surface area contributed by atoms with Crippen LogP contribution in [-0.4, -0.2) is 35.3 Å². The van der Waals surface area contributed by atoms with Gasteiger partial charge in [-0.05, 0) is 43.2 Å². The summed E-state index contributed by atoms with van der Waals surface area (Å²) >= 11 is 6.36. The maximum Gasteiger partial charge on any atom is 0.321 e. The minimum absolute atomic E-state index is 0.0436. The Morgan fingerprint density at radius 1 is 1.28 bits per heavy atom. The van der Waals surface area contributed by atoms with Crippen LogP contribution in [0.15, 0.2) is 42.6 Å². The smallest absolute Gasteiger partial charge is 0.321 e. The summed E-state index contributed by atoms with van der Waals surface area (Å²) in [5, 5.41) is 14.2. The van der Waals surface area contributed by atoms with Crippen LogP contribution in [0.2, 0.25) is 5.02 Å². The molecule has 0 spiro atoms. The van der Waals surface area contributed by atoms with Gasteiger partial charge in [0, 0.05) is 30.1 Å². The van der Waals surface area contributed by atoms with Crippen LogP contribution < -0.4 is 14.8 Å². The minimum atomic E-state index is -0.909. The van der Waals surface area contributed by atoms with Gasteiger partial charge in [-0.3, -0.25) is 4.79 Å². The van der Waals surface area contributed by atoms with E-state index < -0.39 is 12.0 Å². The number of aromatic amines is 1. The fourth-order valence-electron chi connectivity index (χ4n) is 3.23. The van der Waals surface area contributed by atoms with Gasteiger partial charge in [0.05, 0.1) is 18.2 Å². The van der Waals surface area contributed by atoms with Gasteiger partial charge in [-0.2, -0.15) is 0 Å². The third-order valence-electron chi connectivity index (χ3n) is 4.59. The van der Waals surface area contributed by atoms with Gasteiger partial charge in [0.25, 0.3) is 0 Å². The summed E-state index contributed by atoms with van der Waals surface area (Å²) in [6.07, 6.45) is 2.18. The molecule has 0 fully saturated rings. The first-order valence-electron chi connectivity index (χ1n) is 9.43. The Bertz CT molecular complexity index is 1000. The molecule has 0 aliphatic heterocycles. The number of fused-ring (bicyclic) bond motifs is 1. The molecule has 0 bridgehead atoms. The summed E-state index contributed by atoms with van der Waals surface area (Å²) in [5.74, 6) is 0.0982. The Labute approximate surface area is 174 Å². The van der Waals surface area contributed by atoms with Crippen LogP contribution >= 0.6 is 11.6 Å². The second kappa shape index (κ2) is 9.20. The molecule has 0 aliphatic carbocycles. The predicted octanol–water partition coefficient (Wildman–Crippen LogP) is 4.40. The lowest BCUT2D eigenvalue weighted by Crippen LogP contribution is -2.38. The topological polar surface area (TPSA) is 83.6 Å². The van der Waals surface area contributed by atoms with Crippen molar-refractivity contribution in [3.8, 4) is 11.5 Å². The highest BCUT2D eigenvalue weighted by atomic mass is 35.5. The summed E-state index contributed by atoms with van der Waals surface area (Å²) in [7, 11) is 1.55. The zero-order valence-electron chi connectivity index (χ0n) is 16.7. The molecule has 1 aromatic heterocycles. The standard InChI is InChI=1S/C22H25ClN2O4/c1-13(2)29-21-17(23)8-14(9-20(21)28-3)11-24-19(22(26)27)10-15-12-25-18-7-5-4-6-16(15)18/h4-9,12-13,19,24-25H,10-11H2,1-3H3,(H,26,27)/t19-/m0/s1. The molecule has 3 N–H and O–H groups in total. The molecule has 0 amide bonds. The highest BCUT2D eigenvalue weighted by Crippen LogP contribution is 2.37. The van der Waals surface area contributed by atoms with E-state index >= 15 is 0 Å². The molecule has 1 heterocycles. The first-order chi connectivity index (χ1) is 13.9. The molecule has 29 heavy (non-hydrogen) atoms. The lowest BCUT2D eigenvalue weighted by atomic mass is 10.0. The number of rotatable bonds is 9. The summed E-state index contributed by atoms with van der Waals surface area (Å²) in [5.41, 5.74) is 2.76. The van der Waals surface area contributed by atoms with E-state index in [1.54, 1.807) is 19.2 Å². The second-order valence-corrected chi connectivity index (χ2v) is 7.52. The lowest BCUT2D eigenvalue weighted by molar-refractivity contribution is -0.139. The third-order valence-corrected chi connectivity index (χ3v) is 4.87. The van der Waals surface area contributed by atoms with Crippen molar-refractivity contribution in [2.75, 3.05) is 7.11 Å². The zero-order chi connectivity index (χ0) is 21.0. The molecule has 2 aromatic carbocycles. The van der Waals surface area contributed by atoms with Gasteiger partial charge in [0.15, 0.2) is 11.5 Å². The molecule has 1 atom stereocenters. The monoisotopic (exact) mass is 416 g/mol. The Kier molecular flexibility index (Phi) is 6.67. The van der Waals surface area contributed by atoms with Gasteiger partial charge in [-0.25, -0.2) is 0 Å². The van der Waals surface area contributed by atoms with Gasteiger partial charge in [-0.1, -0.05) is 29.8 Å². The van der Waals surface area contributed by atoms with E-state index in [1.165, 1.54) is 0 Å². The number of carbonyl (C=O) groups is 1. The molecule has 3 rings (SSSR count). The average Bonchev–Trinajstić information content (AvgIpc) is 3.09. The van der Waals surface area contributed by atoms with Gasteiger partial charge in [0.2, 0.25) is 0 Å². The van der Waals surface area contributed by atoms with Gasteiger partial charge >= 0.3 is 5.97 Å². The Morgan fingerprint density at radius 3 is 2.72 bits per heavy atom. The normalized spacial score (nSPS) is 12.3. The first-order valence-corrected chi connectivity index (χ1v) is 9.81. The summed E-state index contributed by atoms with van der Waals surface area (Å²) < 4.78 is 11.1. The van der Waals surface area contributed by atoms with Crippen molar-refractivity contribution in [2.45, 2.75) is 39.0 Å². The van der Waals surface area contributed by atoms with Crippen LogP contribution in [0.1, 0.15) is 25.0 Å². The molecule has 154 valence electrons. The molecule has 0 aliphatic rings. The number of carboxylic acids is 1. The van der Waals surface area contributed by atoms with Crippen molar-refractivity contribution in [3.05, 3.63) is 58.7 Å². The van der Waals surface area contributed by atoms with E-state index in [4.69, 9.17) is 21.1 Å². The number of aromatic nitrogens is 1. The van der Waals surface area contributed by atoms with Crippen molar-refractivity contribution in [2.24, 2.45) is 0 Å². The maximum absolute atomic E-state index is 11.8. The second-order valence-electron chi connectivity index (χ2n) is 7.11. The summed E-state index contributed by atoms with van der Waals surface area (Å²) in [6.45, 7) is 4.15. The molecule has 6 nitrogen and oxygen atoms in total. The number of hydrogen-bond donors (Lipinski definition) is 3. The SMILES string of the molecule is COc1cc(CN[C@@H](Cc2c[nH]c3ccccc23)C(=O)O)cc(Cl)c1OC(C)C. The van der Waals surface area contributed by atoms with Crippen molar-refractivity contribution in [3.63, 3.8) is 0 Å². The number of benzene rings is 2. The van der Waals surface area contributed by atoms with E-state index in [2.05, 4.69) is 10.3 Å². The number of aliphatic carboxylic acids is 1. The number of nitrogens with one attached hydrogen (secondary N) is 2. The van der Waals surface area contributed by atoms with Gasteiger partial charge < -0.3 is 24.9 Å². The number of carboxylic acid groups (broad SMARTS) is 1. The van der Waals surface area contributed by atoms with Crippen LogP contribution in [0, 0.1) is 0 Å².